The van der Waals surface area contributed by atoms with Crippen LogP contribution >= 0.6 is 11.8 Å². The fraction of sp³-hybridized carbons (Fsp3) is 0.632. The Hall–Kier alpha value is -1.09. The van der Waals surface area contributed by atoms with E-state index in [-0.39, 0.29) is 10.8 Å². The van der Waals surface area contributed by atoms with Gasteiger partial charge in [0.1, 0.15) is 0 Å². The average molecular weight is 412 g/mol. The van der Waals surface area contributed by atoms with Gasteiger partial charge < -0.3 is 5.32 Å². The maximum Gasteiger partial charge on any atom is 0.251 e. The zero-order chi connectivity index (χ0) is 19.4. The smallest absolute Gasteiger partial charge is 0.251 e. The van der Waals surface area contributed by atoms with Crippen LogP contribution in [-0.4, -0.2) is 74.8 Å². The molecule has 0 aromatic heterocycles. The molecule has 2 fully saturated rings. The molecule has 6 nitrogen and oxygen atoms in total. The van der Waals surface area contributed by atoms with E-state index in [1.807, 2.05) is 0 Å². The van der Waals surface area contributed by atoms with Crippen molar-refractivity contribution in [3.63, 3.8) is 0 Å². The van der Waals surface area contributed by atoms with Crippen LogP contribution in [0.4, 0.5) is 0 Å². The molecular weight excluding hydrogens is 382 g/mol. The third-order valence-electron chi connectivity index (χ3n) is 5.52. The van der Waals surface area contributed by atoms with Gasteiger partial charge >= 0.3 is 0 Å². The molecule has 2 aliphatic heterocycles. The molecule has 1 unspecified atom stereocenters. The van der Waals surface area contributed by atoms with Gasteiger partial charge in [0.05, 0.1) is 4.90 Å². The average Bonchev–Trinajstić information content (AvgIpc) is 3.21. The molecular formula is C19H29N3O3S2. The van der Waals surface area contributed by atoms with E-state index in [0.29, 0.717) is 18.0 Å². The van der Waals surface area contributed by atoms with Gasteiger partial charge in [0.25, 0.3) is 5.91 Å². The molecule has 1 N–H and O–H groups in total. The highest BCUT2D eigenvalue weighted by molar-refractivity contribution is 7.99. The Kier molecular flexibility index (Phi) is 6.83. The summed E-state index contributed by atoms with van der Waals surface area (Å²) >= 11 is 2.05. The molecule has 27 heavy (non-hydrogen) atoms. The lowest BCUT2D eigenvalue weighted by Crippen LogP contribution is -2.43. The lowest BCUT2D eigenvalue weighted by Gasteiger charge is -2.35. The van der Waals surface area contributed by atoms with E-state index in [0.717, 1.165) is 32.0 Å². The number of hydrogen-bond donors (Lipinski definition) is 1. The molecule has 0 radical (unpaired) electrons. The highest BCUT2D eigenvalue weighted by Crippen LogP contribution is 2.26. The molecule has 1 atom stereocenters. The van der Waals surface area contributed by atoms with E-state index in [2.05, 4.69) is 22.0 Å². The second-order valence-corrected chi connectivity index (χ2v) is 10.8. The summed E-state index contributed by atoms with van der Waals surface area (Å²) in [6.45, 7) is 2.94. The zero-order valence-corrected chi connectivity index (χ0v) is 17.7. The van der Waals surface area contributed by atoms with Crippen molar-refractivity contribution in [2.24, 2.45) is 5.92 Å². The molecule has 8 heteroatoms. The molecule has 3 rings (SSSR count). The fourth-order valence-electron chi connectivity index (χ4n) is 3.66. The van der Waals surface area contributed by atoms with Crippen LogP contribution in [0.15, 0.2) is 29.2 Å². The van der Waals surface area contributed by atoms with E-state index >= 15 is 0 Å². The predicted molar refractivity (Wildman–Crippen MR) is 110 cm³/mol. The predicted octanol–water partition coefficient (Wildman–Crippen LogP) is 1.88. The van der Waals surface area contributed by atoms with Crippen LogP contribution in [0.25, 0.3) is 0 Å². The third kappa shape index (κ3) is 5.04. The van der Waals surface area contributed by atoms with E-state index in [1.54, 1.807) is 12.1 Å². The number of nitrogens with zero attached hydrogens (tertiary/aromatic N) is 2. The first kappa shape index (κ1) is 20.6. The van der Waals surface area contributed by atoms with Gasteiger partial charge in [-0.1, -0.05) is 0 Å². The van der Waals surface area contributed by atoms with Crippen molar-refractivity contribution in [1.29, 1.82) is 0 Å². The molecule has 2 heterocycles. The number of rotatable bonds is 6. The Labute approximate surface area is 166 Å². The number of amides is 1. The van der Waals surface area contributed by atoms with Crippen molar-refractivity contribution in [3.05, 3.63) is 29.8 Å². The van der Waals surface area contributed by atoms with Crippen LogP contribution in [0.1, 0.15) is 29.6 Å². The minimum Gasteiger partial charge on any atom is -0.352 e. The second kappa shape index (κ2) is 8.94. The summed E-state index contributed by atoms with van der Waals surface area (Å²) < 4.78 is 25.3. The van der Waals surface area contributed by atoms with Crippen LogP contribution in [0.3, 0.4) is 0 Å². The SMILES string of the molecule is CN(C)S(=O)(=O)c1ccc(C(=O)NCC2CCN(C3CCSC3)CC2)cc1. The molecule has 1 aromatic rings. The van der Waals surface area contributed by atoms with Gasteiger partial charge in [-0.05, 0) is 68.3 Å². The minimum absolute atomic E-state index is 0.140. The molecule has 0 spiro atoms. The van der Waals surface area contributed by atoms with Gasteiger partial charge in [-0.3, -0.25) is 9.69 Å². The van der Waals surface area contributed by atoms with E-state index in [1.165, 1.54) is 48.5 Å². The topological polar surface area (TPSA) is 69.7 Å². The van der Waals surface area contributed by atoms with Crippen LogP contribution < -0.4 is 5.32 Å². The summed E-state index contributed by atoms with van der Waals surface area (Å²) in [5.41, 5.74) is 0.494. The van der Waals surface area contributed by atoms with E-state index < -0.39 is 10.0 Å². The van der Waals surface area contributed by atoms with Crippen molar-refractivity contribution >= 4 is 27.7 Å². The van der Waals surface area contributed by atoms with Gasteiger partial charge in [-0.15, -0.1) is 0 Å². The molecule has 0 saturated carbocycles. The Balaban J connectivity index is 1.47. The highest BCUT2D eigenvalue weighted by Gasteiger charge is 2.27. The van der Waals surface area contributed by atoms with Crippen molar-refractivity contribution < 1.29 is 13.2 Å². The maximum atomic E-state index is 12.4. The van der Waals surface area contributed by atoms with E-state index in [4.69, 9.17) is 0 Å². The number of carbonyl (C=O) groups excluding carboxylic acids is 1. The molecule has 2 saturated heterocycles. The molecule has 0 aliphatic carbocycles. The Bertz CT molecular complexity index is 736. The molecule has 1 amide bonds. The van der Waals surface area contributed by atoms with Crippen molar-refractivity contribution in [3.8, 4) is 0 Å². The minimum atomic E-state index is -3.47. The number of carbonyl (C=O) groups is 1. The van der Waals surface area contributed by atoms with Crippen molar-refractivity contribution in [2.75, 3.05) is 45.2 Å². The van der Waals surface area contributed by atoms with Crippen molar-refractivity contribution in [2.45, 2.75) is 30.2 Å². The summed E-state index contributed by atoms with van der Waals surface area (Å²) in [5, 5.41) is 3.01. The largest absolute Gasteiger partial charge is 0.352 e. The Morgan fingerprint density at radius 1 is 1.19 bits per heavy atom. The van der Waals surface area contributed by atoms with Crippen molar-refractivity contribution in [1.82, 2.24) is 14.5 Å². The molecule has 150 valence electrons. The monoisotopic (exact) mass is 411 g/mol. The number of sulfonamides is 1. The molecule has 1 aromatic carbocycles. The number of piperidine rings is 1. The van der Waals surface area contributed by atoms with Crippen LogP contribution in [0, 0.1) is 5.92 Å². The zero-order valence-electron chi connectivity index (χ0n) is 16.1. The Morgan fingerprint density at radius 3 is 2.41 bits per heavy atom. The number of thioether (sulfide) groups is 1. The summed E-state index contributed by atoms with van der Waals surface area (Å²) in [7, 11) is -0.480. The first-order valence-electron chi connectivity index (χ1n) is 9.50. The highest BCUT2D eigenvalue weighted by atomic mass is 32.2. The van der Waals surface area contributed by atoms with Crippen LogP contribution in [0.2, 0.25) is 0 Å². The maximum absolute atomic E-state index is 12.4. The summed E-state index contributed by atoms with van der Waals surface area (Å²) in [4.78, 5) is 15.2. The third-order valence-corrected chi connectivity index (χ3v) is 8.49. The quantitative estimate of drug-likeness (QED) is 0.774. The van der Waals surface area contributed by atoms with E-state index in [9.17, 15) is 13.2 Å². The lowest BCUT2D eigenvalue weighted by atomic mass is 9.95. The first-order chi connectivity index (χ1) is 12.9. The van der Waals surface area contributed by atoms with Gasteiger partial charge in [-0.25, -0.2) is 12.7 Å². The fourth-order valence-corrected chi connectivity index (χ4v) is 5.82. The van der Waals surface area contributed by atoms with Gasteiger partial charge in [0, 0.05) is 38.0 Å². The Morgan fingerprint density at radius 2 is 1.85 bits per heavy atom. The number of nitrogens with one attached hydrogen (secondary N) is 1. The number of hydrogen-bond acceptors (Lipinski definition) is 5. The molecule has 0 bridgehead atoms. The summed E-state index contributed by atoms with van der Waals surface area (Å²) in [6, 6.07) is 6.88. The van der Waals surface area contributed by atoms with Gasteiger partial charge in [0.2, 0.25) is 10.0 Å². The standard InChI is InChI=1S/C19H29N3O3S2/c1-21(2)27(24,25)18-5-3-16(4-6-18)19(23)20-13-15-7-10-22(11-8-15)17-9-12-26-14-17/h3-6,15,17H,7-14H2,1-2H3,(H,20,23). The van der Waals surface area contributed by atoms with Crippen LogP contribution in [0.5, 0.6) is 0 Å². The summed E-state index contributed by atoms with van der Waals surface area (Å²) in [6.07, 6.45) is 3.56. The summed E-state index contributed by atoms with van der Waals surface area (Å²) in [5.74, 6) is 2.93. The second-order valence-electron chi connectivity index (χ2n) is 7.52. The number of likely N-dealkylation sites (tertiary alicyclic amines) is 1. The first-order valence-corrected chi connectivity index (χ1v) is 12.1. The molecule has 2 aliphatic rings. The van der Waals surface area contributed by atoms with Gasteiger partial charge in [0.15, 0.2) is 0 Å². The normalized spacial score (nSPS) is 22.3. The van der Waals surface area contributed by atoms with Crippen LogP contribution in [-0.2, 0) is 10.0 Å². The lowest BCUT2D eigenvalue weighted by molar-refractivity contribution is 0.0928. The number of benzene rings is 1. The van der Waals surface area contributed by atoms with Gasteiger partial charge in [-0.2, -0.15) is 11.8 Å².